The number of rotatable bonds is 22. The number of hydrogen-bond acceptors (Lipinski definition) is 10. The second-order valence-corrected chi connectivity index (χ2v) is 8.74. The van der Waals surface area contributed by atoms with Crippen LogP contribution in [0.15, 0.2) is 29.2 Å². The van der Waals surface area contributed by atoms with E-state index in [1.54, 1.807) is 12.1 Å². The first-order valence-electron chi connectivity index (χ1n) is 11.5. The summed E-state index contributed by atoms with van der Waals surface area (Å²) in [6, 6.07) is 6.46. The van der Waals surface area contributed by atoms with Crippen LogP contribution >= 0.6 is 0 Å². The topological polar surface area (TPSA) is 116 Å². The Bertz CT molecular complexity index is 737. The molecular formula is C23H38O10S. The van der Waals surface area contributed by atoms with Gasteiger partial charge in [0, 0.05) is 6.42 Å². The van der Waals surface area contributed by atoms with E-state index in [1.165, 1.54) is 12.1 Å². The largest absolute Gasteiger partial charge is 0.463 e. The van der Waals surface area contributed by atoms with Crippen LogP contribution in [-0.4, -0.2) is 93.7 Å². The van der Waals surface area contributed by atoms with E-state index in [2.05, 4.69) is 0 Å². The van der Waals surface area contributed by atoms with Crippen LogP contribution in [0.1, 0.15) is 25.3 Å². The van der Waals surface area contributed by atoms with Gasteiger partial charge in [0.15, 0.2) is 0 Å². The van der Waals surface area contributed by atoms with Crippen LogP contribution in [0.3, 0.4) is 0 Å². The third-order valence-corrected chi connectivity index (χ3v) is 5.54. The van der Waals surface area contributed by atoms with Crippen molar-refractivity contribution in [1.82, 2.24) is 0 Å². The second kappa shape index (κ2) is 19.7. The predicted molar refractivity (Wildman–Crippen MR) is 124 cm³/mol. The fraction of sp³-hybridized carbons (Fsp3) is 0.696. The van der Waals surface area contributed by atoms with Crippen LogP contribution in [0, 0.1) is 6.92 Å². The number of esters is 1. The van der Waals surface area contributed by atoms with E-state index in [0.717, 1.165) is 12.0 Å². The van der Waals surface area contributed by atoms with Gasteiger partial charge in [-0.05, 0) is 25.5 Å². The van der Waals surface area contributed by atoms with Crippen molar-refractivity contribution in [1.29, 1.82) is 0 Å². The lowest BCUT2D eigenvalue weighted by Gasteiger charge is -2.08. The van der Waals surface area contributed by atoms with Crippen LogP contribution in [-0.2, 0) is 47.5 Å². The Morgan fingerprint density at radius 2 is 1.09 bits per heavy atom. The third kappa shape index (κ3) is 16.1. The van der Waals surface area contributed by atoms with Crippen LogP contribution in [0.4, 0.5) is 0 Å². The van der Waals surface area contributed by atoms with Crippen molar-refractivity contribution in [2.75, 3.05) is 79.3 Å². The van der Waals surface area contributed by atoms with Gasteiger partial charge in [-0.15, -0.1) is 0 Å². The summed E-state index contributed by atoms with van der Waals surface area (Å²) in [4.78, 5) is 11.3. The molecule has 0 aliphatic carbocycles. The van der Waals surface area contributed by atoms with Gasteiger partial charge in [0.1, 0.15) is 6.61 Å². The number of benzene rings is 1. The Morgan fingerprint density at radius 3 is 1.53 bits per heavy atom. The van der Waals surface area contributed by atoms with Crippen molar-refractivity contribution < 1.29 is 45.8 Å². The molecule has 0 radical (unpaired) electrons. The average Bonchev–Trinajstić information content (AvgIpc) is 2.81. The van der Waals surface area contributed by atoms with Gasteiger partial charge in [-0.1, -0.05) is 24.6 Å². The summed E-state index contributed by atoms with van der Waals surface area (Å²) in [7, 11) is -3.76. The monoisotopic (exact) mass is 506 g/mol. The highest BCUT2D eigenvalue weighted by molar-refractivity contribution is 7.86. The van der Waals surface area contributed by atoms with Gasteiger partial charge in [-0.2, -0.15) is 8.42 Å². The van der Waals surface area contributed by atoms with Gasteiger partial charge < -0.3 is 28.4 Å². The molecule has 1 aromatic carbocycles. The van der Waals surface area contributed by atoms with Crippen molar-refractivity contribution in [2.45, 2.75) is 31.6 Å². The van der Waals surface area contributed by atoms with E-state index in [1.807, 2.05) is 13.8 Å². The summed E-state index contributed by atoms with van der Waals surface area (Å²) < 4.78 is 60.6. The smallest absolute Gasteiger partial charge is 0.305 e. The summed E-state index contributed by atoms with van der Waals surface area (Å²) in [5, 5.41) is 0. The molecule has 0 aromatic heterocycles. The molecule has 0 N–H and O–H groups in total. The average molecular weight is 507 g/mol. The fourth-order valence-electron chi connectivity index (χ4n) is 2.45. The molecule has 0 atom stereocenters. The molecule has 34 heavy (non-hydrogen) atoms. The quantitative estimate of drug-likeness (QED) is 0.132. The molecule has 0 aliphatic rings. The lowest BCUT2D eigenvalue weighted by molar-refractivity contribution is -0.145. The summed E-state index contributed by atoms with van der Waals surface area (Å²) in [6.07, 6.45) is 1.21. The molecule has 1 aromatic rings. The summed E-state index contributed by atoms with van der Waals surface area (Å²) in [5.41, 5.74) is 0.975. The molecule has 0 unspecified atom stereocenters. The minimum atomic E-state index is -3.76. The van der Waals surface area contributed by atoms with Gasteiger partial charge in [-0.25, -0.2) is 0 Å². The number of carbonyl (C=O) groups excluding carboxylic acids is 1. The van der Waals surface area contributed by atoms with Crippen LogP contribution in [0.2, 0.25) is 0 Å². The molecule has 0 saturated carbocycles. The molecule has 0 amide bonds. The standard InChI is InChI=1S/C23H38O10S/c1-3-4-23(24)32-19-17-30-15-13-28-11-9-27-10-12-29-14-16-31-18-20-33-34(25,26)22-7-5-21(2)6-8-22/h5-8H,3-4,9-20H2,1-2H3. The summed E-state index contributed by atoms with van der Waals surface area (Å²) >= 11 is 0. The lowest BCUT2D eigenvalue weighted by Crippen LogP contribution is -2.15. The van der Waals surface area contributed by atoms with Crippen molar-refractivity contribution in [2.24, 2.45) is 0 Å². The van der Waals surface area contributed by atoms with Gasteiger partial charge in [0.25, 0.3) is 10.1 Å². The van der Waals surface area contributed by atoms with E-state index in [4.69, 9.17) is 32.6 Å². The molecule has 0 aliphatic heterocycles. The Morgan fingerprint density at radius 1 is 0.676 bits per heavy atom. The molecule has 0 bridgehead atoms. The Balaban J connectivity index is 1.80. The highest BCUT2D eigenvalue weighted by Crippen LogP contribution is 2.12. The number of carbonyl (C=O) groups is 1. The van der Waals surface area contributed by atoms with Gasteiger partial charge in [0.05, 0.1) is 77.6 Å². The molecule has 196 valence electrons. The van der Waals surface area contributed by atoms with Crippen LogP contribution in [0.5, 0.6) is 0 Å². The van der Waals surface area contributed by atoms with E-state index >= 15 is 0 Å². The second-order valence-electron chi connectivity index (χ2n) is 7.12. The maximum Gasteiger partial charge on any atom is 0.305 e. The van der Waals surface area contributed by atoms with Crippen LogP contribution in [0.25, 0.3) is 0 Å². The minimum Gasteiger partial charge on any atom is -0.463 e. The normalized spacial score (nSPS) is 11.6. The third-order valence-electron chi connectivity index (χ3n) is 4.21. The highest BCUT2D eigenvalue weighted by Gasteiger charge is 2.14. The molecule has 1 rings (SSSR count). The molecule has 0 fully saturated rings. The first-order chi connectivity index (χ1) is 16.5. The van der Waals surface area contributed by atoms with E-state index in [0.29, 0.717) is 65.9 Å². The Kier molecular flexibility index (Phi) is 17.6. The van der Waals surface area contributed by atoms with Crippen molar-refractivity contribution in [3.8, 4) is 0 Å². The first-order valence-corrected chi connectivity index (χ1v) is 12.9. The maximum absolute atomic E-state index is 12.0. The van der Waals surface area contributed by atoms with E-state index < -0.39 is 10.1 Å². The number of hydrogen-bond donors (Lipinski definition) is 0. The minimum absolute atomic E-state index is 0.0588. The SMILES string of the molecule is CCCC(=O)OCCOCCOCCOCCOCCOCCOS(=O)(=O)c1ccc(C)cc1. The van der Waals surface area contributed by atoms with Crippen molar-refractivity contribution in [3.63, 3.8) is 0 Å². The van der Waals surface area contributed by atoms with Gasteiger partial charge >= 0.3 is 5.97 Å². The zero-order valence-corrected chi connectivity index (χ0v) is 21.0. The zero-order chi connectivity index (χ0) is 24.9. The maximum atomic E-state index is 12.0. The predicted octanol–water partition coefficient (Wildman–Crippen LogP) is 2.13. The van der Waals surface area contributed by atoms with Gasteiger partial charge in [-0.3, -0.25) is 8.98 Å². The number of ether oxygens (including phenoxy) is 6. The molecular weight excluding hydrogens is 468 g/mol. The summed E-state index contributed by atoms with van der Waals surface area (Å²) in [5.74, 6) is -0.201. The van der Waals surface area contributed by atoms with Crippen molar-refractivity contribution in [3.05, 3.63) is 29.8 Å². The molecule has 10 nitrogen and oxygen atoms in total. The highest BCUT2D eigenvalue weighted by atomic mass is 32.2. The molecule has 0 spiro atoms. The Labute approximate surface area is 202 Å². The number of aryl methyl sites for hydroxylation is 1. The van der Waals surface area contributed by atoms with E-state index in [-0.39, 0.29) is 30.7 Å². The fourth-order valence-corrected chi connectivity index (χ4v) is 3.34. The molecule has 0 heterocycles. The lowest BCUT2D eigenvalue weighted by atomic mass is 10.2. The summed E-state index contributed by atoms with van der Waals surface area (Å²) in [6.45, 7) is 7.82. The van der Waals surface area contributed by atoms with Gasteiger partial charge in [0.2, 0.25) is 0 Å². The van der Waals surface area contributed by atoms with E-state index in [9.17, 15) is 13.2 Å². The molecule has 0 saturated heterocycles. The zero-order valence-electron chi connectivity index (χ0n) is 20.2. The molecule has 11 heteroatoms. The van der Waals surface area contributed by atoms with Crippen LogP contribution < -0.4 is 0 Å². The first kappa shape index (κ1) is 30.4. The van der Waals surface area contributed by atoms with Crippen molar-refractivity contribution >= 4 is 16.1 Å². The Hall–Kier alpha value is -1.60.